The minimum absolute atomic E-state index is 0.143. The largest absolute Gasteiger partial charge is 0.203 e. The van der Waals surface area contributed by atoms with Crippen LogP contribution in [0.4, 0.5) is 17.6 Å². The monoisotopic (exact) mass is 492 g/mol. The molecule has 0 N–H and O–H groups in total. The average molecular weight is 493 g/mol. The second-order valence-corrected chi connectivity index (χ2v) is 9.51. The Morgan fingerprint density at radius 3 is 1.92 bits per heavy atom. The van der Waals surface area contributed by atoms with Gasteiger partial charge in [0.05, 0.1) is 0 Å². The van der Waals surface area contributed by atoms with Crippen molar-refractivity contribution in [2.45, 2.75) is 58.8 Å². The molecule has 0 bridgehead atoms. The first-order valence-electron chi connectivity index (χ1n) is 12.8. The number of allylic oxidation sites excluding steroid dienone is 4. The van der Waals surface area contributed by atoms with Crippen LogP contribution in [0.3, 0.4) is 0 Å². The van der Waals surface area contributed by atoms with Gasteiger partial charge in [-0.2, -0.15) is 0 Å². The third-order valence-corrected chi connectivity index (χ3v) is 7.06. The van der Waals surface area contributed by atoms with Crippen molar-refractivity contribution in [3.8, 4) is 22.3 Å². The summed E-state index contributed by atoms with van der Waals surface area (Å²) in [7, 11) is 0. The molecule has 1 unspecified atom stereocenters. The number of unbranched alkanes of at least 4 members (excludes halogenated alkanes) is 2. The number of hydrogen-bond donors (Lipinski definition) is 0. The van der Waals surface area contributed by atoms with E-state index in [-0.39, 0.29) is 11.1 Å². The van der Waals surface area contributed by atoms with Crippen molar-refractivity contribution in [1.29, 1.82) is 0 Å². The van der Waals surface area contributed by atoms with Crippen LogP contribution in [0.25, 0.3) is 27.8 Å². The molecule has 36 heavy (non-hydrogen) atoms. The number of benzene rings is 3. The summed E-state index contributed by atoms with van der Waals surface area (Å²) >= 11 is 0. The third kappa shape index (κ3) is 5.48. The van der Waals surface area contributed by atoms with Gasteiger partial charge in [-0.25, -0.2) is 17.6 Å². The lowest BCUT2D eigenvalue weighted by molar-refractivity contribution is 0.498. The standard InChI is InChI=1S/C32H32F4/c1-3-5-6-8-25-17-18-26(30(34)29(25)33)23-13-15-24(16-14-23)28-20-19-27(31(35)32(28)36)22-11-9-21(7-4-2)10-12-22/h4,7,11,13-21H,3,5-6,8-10,12H2,1-2H3. The van der Waals surface area contributed by atoms with Gasteiger partial charge in [0.2, 0.25) is 0 Å². The predicted molar refractivity (Wildman–Crippen MR) is 141 cm³/mol. The molecule has 1 atom stereocenters. The smallest absolute Gasteiger partial charge is 0.167 e. The first-order chi connectivity index (χ1) is 17.4. The van der Waals surface area contributed by atoms with Crippen LogP contribution >= 0.6 is 0 Å². The second-order valence-electron chi connectivity index (χ2n) is 9.51. The summed E-state index contributed by atoms with van der Waals surface area (Å²) in [6, 6.07) is 12.9. The second kappa shape index (κ2) is 11.7. The van der Waals surface area contributed by atoms with Gasteiger partial charge in [0.1, 0.15) is 0 Å². The number of rotatable bonds is 8. The van der Waals surface area contributed by atoms with E-state index in [0.29, 0.717) is 41.0 Å². The van der Waals surface area contributed by atoms with Crippen LogP contribution in [-0.2, 0) is 6.42 Å². The Kier molecular flexibility index (Phi) is 8.45. The molecule has 0 radical (unpaired) electrons. The van der Waals surface area contributed by atoms with Gasteiger partial charge in [-0.1, -0.05) is 86.5 Å². The molecule has 3 aromatic rings. The summed E-state index contributed by atoms with van der Waals surface area (Å²) in [6.45, 7) is 4.05. The fraction of sp³-hybridized carbons (Fsp3) is 0.312. The van der Waals surface area contributed by atoms with E-state index in [2.05, 4.69) is 13.0 Å². The maximum atomic E-state index is 15.1. The first-order valence-corrected chi connectivity index (χ1v) is 12.8. The Labute approximate surface area is 211 Å². The van der Waals surface area contributed by atoms with Gasteiger partial charge < -0.3 is 0 Å². The fourth-order valence-corrected chi connectivity index (χ4v) is 4.97. The zero-order valence-electron chi connectivity index (χ0n) is 20.9. The Bertz CT molecular complexity index is 1270. The molecule has 0 nitrogen and oxygen atoms in total. The lowest BCUT2D eigenvalue weighted by Gasteiger charge is -2.20. The Morgan fingerprint density at radius 2 is 1.33 bits per heavy atom. The summed E-state index contributed by atoms with van der Waals surface area (Å²) in [5.41, 5.74) is 2.78. The molecular formula is C32H32F4. The van der Waals surface area contributed by atoms with E-state index >= 15 is 8.78 Å². The number of aryl methyl sites for hydroxylation is 1. The van der Waals surface area contributed by atoms with Gasteiger partial charge in [-0.3, -0.25) is 0 Å². The predicted octanol–water partition coefficient (Wildman–Crippen LogP) is 10.1. The fourth-order valence-electron chi connectivity index (χ4n) is 4.97. The Morgan fingerprint density at radius 1 is 0.750 bits per heavy atom. The van der Waals surface area contributed by atoms with E-state index in [1.807, 2.05) is 19.1 Å². The van der Waals surface area contributed by atoms with Gasteiger partial charge in [0, 0.05) is 16.7 Å². The van der Waals surface area contributed by atoms with Crippen LogP contribution in [-0.4, -0.2) is 0 Å². The third-order valence-electron chi connectivity index (χ3n) is 7.06. The van der Waals surface area contributed by atoms with Crippen LogP contribution in [0.5, 0.6) is 0 Å². The first kappa shape index (κ1) is 25.9. The van der Waals surface area contributed by atoms with Crippen LogP contribution in [0, 0.1) is 29.2 Å². The van der Waals surface area contributed by atoms with Crippen molar-refractivity contribution in [3.63, 3.8) is 0 Å². The quantitative estimate of drug-likeness (QED) is 0.167. The summed E-state index contributed by atoms with van der Waals surface area (Å²) < 4.78 is 59.5. The highest BCUT2D eigenvalue weighted by molar-refractivity contribution is 5.74. The Balaban J connectivity index is 1.56. The van der Waals surface area contributed by atoms with Gasteiger partial charge in [-0.15, -0.1) is 0 Å². The summed E-state index contributed by atoms with van der Waals surface area (Å²) in [5, 5.41) is 0. The van der Waals surface area contributed by atoms with Crippen LogP contribution < -0.4 is 0 Å². The van der Waals surface area contributed by atoms with Crippen LogP contribution in [0.2, 0.25) is 0 Å². The highest BCUT2D eigenvalue weighted by Crippen LogP contribution is 2.36. The minimum atomic E-state index is -0.898. The molecule has 0 aliphatic heterocycles. The number of halogens is 4. The van der Waals surface area contributed by atoms with Gasteiger partial charge >= 0.3 is 0 Å². The minimum Gasteiger partial charge on any atom is -0.203 e. The SMILES string of the molecule is CC=CC1CC=C(c2ccc(-c3ccc(-c4ccc(CCCCC)c(F)c4F)cc3)c(F)c2F)CC1. The molecule has 0 aromatic heterocycles. The average Bonchev–Trinajstić information content (AvgIpc) is 2.89. The molecule has 0 fully saturated rings. The van der Waals surface area contributed by atoms with Crippen LogP contribution in [0.15, 0.2) is 66.8 Å². The van der Waals surface area contributed by atoms with Crippen molar-refractivity contribution >= 4 is 5.57 Å². The van der Waals surface area contributed by atoms with Crippen molar-refractivity contribution in [3.05, 3.63) is 101 Å². The molecule has 4 rings (SSSR count). The summed E-state index contributed by atoms with van der Waals surface area (Å²) in [5.74, 6) is -2.99. The zero-order valence-corrected chi connectivity index (χ0v) is 20.9. The van der Waals surface area contributed by atoms with Crippen molar-refractivity contribution in [1.82, 2.24) is 0 Å². The molecule has 0 spiro atoms. The molecular weight excluding hydrogens is 460 g/mol. The van der Waals surface area contributed by atoms with E-state index in [1.165, 1.54) is 0 Å². The number of hydrogen-bond acceptors (Lipinski definition) is 0. The lowest BCUT2D eigenvalue weighted by Crippen LogP contribution is -2.05. The molecule has 0 saturated carbocycles. The zero-order chi connectivity index (χ0) is 25.7. The van der Waals surface area contributed by atoms with E-state index in [9.17, 15) is 8.78 Å². The normalized spacial score (nSPS) is 15.9. The van der Waals surface area contributed by atoms with Gasteiger partial charge in [0.15, 0.2) is 23.3 Å². The topological polar surface area (TPSA) is 0 Å². The van der Waals surface area contributed by atoms with Crippen LogP contribution in [0.1, 0.15) is 63.5 Å². The molecule has 4 heteroatoms. The highest BCUT2D eigenvalue weighted by Gasteiger charge is 2.21. The lowest BCUT2D eigenvalue weighted by atomic mass is 9.85. The molecule has 188 valence electrons. The van der Waals surface area contributed by atoms with Crippen molar-refractivity contribution in [2.24, 2.45) is 5.92 Å². The Hall–Kier alpha value is -3.14. The van der Waals surface area contributed by atoms with E-state index in [1.54, 1.807) is 48.5 Å². The van der Waals surface area contributed by atoms with Gasteiger partial charge in [0.25, 0.3) is 0 Å². The van der Waals surface area contributed by atoms with Crippen molar-refractivity contribution in [2.75, 3.05) is 0 Å². The molecule has 1 aliphatic rings. The molecule has 0 heterocycles. The summed E-state index contributed by atoms with van der Waals surface area (Å²) in [4.78, 5) is 0. The maximum absolute atomic E-state index is 15.1. The van der Waals surface area contributed by atoms with Crippen molar-refractivity contribution < 1.29 is 17.6 Å². The van der Waals surface area contributed by atoms with Gasteiger partial charge in [-0.05, 0) is 67.2 Å². The molecule has 0 amide bonds. The van der Waals surface area contributed by atoms with E-state index in [0.717, 1.165) is 37.7 Å². The molecule has 0 saturated heterocycles. The molecule has 3 aromatic carbocycles. The summed E-state index contributed by atoms with van der Waals surface area (Å²) in [6.07, 6.45) is 11.9. The van der Waals surface area contributed by atoms with E-state index in [4.69, 9.17) is 0 Å². The van der Waals surface area contributed by atoms with E-state index < -0.39 is 23.3 Å². The maximum Gasteiger partial charge on any atom is 0.167 e. The highest BCUT2D eigenvalue weighted by atomic mass is 19.2. The molecule has 1 aliphatic carbocycles.